The van der Waals surface area contributed by atoms with Crippen LogP contribution in [0.15, 0.2) is 17.3 Å². The summed E-state index contributed by atoms with van der Waals surface area (Å²) in [5.74, 6) is -0.0766. The second-order valence-corrected chi connectivity index (χ2v) is 7.03. The van der Waals surface area contributed by atoms with Crippen molar-refractivity contribution in [2.45, 2.75) is 26.6 Å². The molecule has 1 saturated heterocycles. The van der Waals surface area contributed by atoms with E-state index in [9.17, 15) is 0 Å². The number of aliphatic imine (C=N–C) groups is 1. The van der Waals surface area contributed by atoms with Crippen LogP contribution in [0.1, 0.15) is 26.3 Å². The Hall–Kier alpha value is -2.19. The number of aromatic nitrogens is 2. The highest BCUT2D eigenvalue weighted by Crippen LogP contribution is 2.39. The smallest absolute Gasteiger partial charge is 0.221 e. The van der Waals surface area contributed by atoms with Crippen molar-refractivity contribution in [2.75, 3.05) is 37.8 Å². The van der Waals surface area contributed by atoms with E-state index >= 15 is 0 Å². The number of allylic oxidation sites excluding steroid dienone is 1. The molecule has 3 heterocycles. The van der Waals surface area contributed by atoms with Gasteiger partial charge in [0, 0.05) is 30.9 Å². The minimum Gasteiger partial charge on any atom is -0.383 e. The summed E-state index contributed by atoms with van der Waals surface area (Å²) in [6, 6.07) is 0. The fourth-order valence-corrected chi connectivity index (χ4v) is 3.16. The first kappa shape index (κ1) is 16.7. The molecule has 0 aliphatic carbocycles. The molecule has 130 valence electrons. The van der Waals surface area contributed by atoms with E-state index in [1.807, 2.05) is 12.3 Å². The topological polar surface area (TPSA) is 115 Å². The molecule has 1 unspecified atom stereocenters. The zero-order valence-electron chi connectivity index (χ0n) is 14.4. The number of ether oxygens (including phenoxy) is 1. The number of nitrogens with one attached hydrogen (secondary N) is 1. The predicted molar refractivity (Wildman–Crippen MR) is 95.0 cm³/mol. The maximum Gasteiger partial charge on any atom is 0.221 e. The molecule has 0 aromatic carbocycles. The second kappa shape index (κ2) is 6.03. The van der Waals surface area contributed by atoms with E-state index in [1.54, 1.807) is 6.20 Å². The molecule has 24 heavy (non-hydrogen) atoms. The summed E-state index contributed by atoms with van der Waals surface area (Å²) in [7, 11) is 0. The highest BCUT2D eigenvalue weighted by atomic mass is 16.5. The molecule has 0 spiro atoms. The normalized spacial score (nSPS) is 25.2. The van der Waals surface area contributed by atoms with Gasteiger partial charge >= 0.3 is 0 Å². The number of nitrogen functional groups attached to an aromatic ring is 2. The zero-order chi connectivity index (χ0) is 17.4. The van der Waals surface area contributed by atoms with Crippen LogP contribution < -0.4 is 16.8 Å². The van der Waals surface area contributed by atoms with Gasteiger partial charge in [-0.05, 0) is 6.08 Å². The average molecular weight is 331 g/mol. The Labute approximate surface area is 142 Å². The van der Waals surface area contributed by atoms with Crippen LogP contribution in [0.25, 0.3) is 5.70 Å². The molecule has 1 aromatic rings. The minimum atomic E-state index is -0.589. The van der Waals surface area contributed by atoms with E-state index in [2.05, 4.69) is 41.0 Å². The first-order chi connectivity index (χ1) is 11.3. The Morgan fingerprint density at radius 3 is 2.58 bits per heavy atom. The summed E-state index contributed by atoms with van der Waals surface area (Å²) in [6.45, 7) is 9.50. The molecule has 0 radical (unpaired) electrons. The minimum absolute atomic E-state index is 0.163. The molecule has 0 bridgehead atoms. The lowest BCUT2D eigenvalue weighted by molar-refractivity contribution is -0.0745. The third kappa shape index (κ3) is 2.83. The van der Waals surface area contributed by atoms with E-state index in [0.29, 0.717) is 19.0 Å². The lowest BCUT2D eigenvalue weighted by atomic mass is 9.84. The number of nitrogens with zero attached hydrogens (tertiary/aromatic N) is 4. The van der Waals surface area contributed by atoms with Gasteiger partial charge in [0.2, 0.25) is 5.95 Å². The fourth-order valence-electron chi connectivity index (χ4n) is 3.16. The highest BCUT2D eigenvalue weighted by molar-refractivity contribution is 5.88. The summed E-state index contributed by atoms with van der Waals surface area (Å²) in [5.41, 5.74) is 13.0. The lowest BCUT2D eigenvalue weighted by Gasteiger charge is -2.52. The second-order valence-electron chi connectivity index (χ2n) is 7.03. The van der Waals surface area contributed by atoms with Crippen LogP contribution in [0.5, 0.6) is 0 Å². The number of nitrogens with two attached hydrogens (primary N) is 2. The molecule has 1 aromatic heterocycles. The molecule has 8 nitrogen and oxygen atoms in total. The van der Waals surface area contributed by atoms with Gasteiger partial charge < -0.3 is 21.5 Å². The Morgan fingerprint density at radius 1 is 1.25 bits per heavy atom. The number of hydrogen-bond donors (Lipinski definition) is 3. The number of anilines is 2. The molecule has 3 rings (SSSR count). The summed E-state index contributed by atoms with van der Waals surface area (Å²) in [5, 5.41) is 3.59. The Kier molecular flexibility index (Phi) is 4.18. The fraction of sp³-hybridized carbons (Fsp3) is 0.562. The molecule has 2 aliphatic heterocycles. The molecule has 0 saturated carbocycles. The SMILES string of the molecule is CC(C)(C)C1(N2CCOCC2)N=CC=C(c2cnc(N)nc2N)N1. The highest BCUT2D eigenvalue weighted by Gasteiger charge is 2.48. The Morgan fingerprint density at radius 2 is 1.96 bits per heavy atom. The average Bonchev–Trinajstić information content (AvgIpc) is 2.54. The maximum atomic E-state index is 6.04. The third-order valence-electron chi connectivity index (χ3n) is 4.45. The van der Waals surface area contributed by atoms with Crippen molar-refractivity contribution >= 4 is 23.7 Å². The molecule has 5 N–H and O–H groups in total. The number of rotatable bonds is 2. The van der Waals surface area contributed by atoms with Crippen LogP contribution in [0, 0.1) is 5.41 Å². The largest absolute Gasteiger partial charge is 0.383 e. The van der Waals surface area contributed by atoms with E-state index in [1.165, 1.54) is 0 Å². The standard InChI is InChI=1S/C16H25N7O/c1-15(2,3)16(23-6-8-24-9-7-23)20-5-4-12(22-16)11-10-19-14(18)21-13(11)17/h4-5,10,22H,6-9H2,1-3H3,(H4,17,18,19,21). The number of morpholine rings is 1. The van der Waals surface area contributed by atoms with Gasteiger partial charge in [-0.1, -0.05) is 20.8 Å². The van der Waals surface area contributed by atoms with Crippen LogP contribution >= 0.6 is 0 Å². The molecular formula is C16H25N7O. The van der Waals surface area contributed by atoms with Gasteiger partial charge in [-0.25, -0.2) is 9.98 Å². The molecular weight excluding hydrogens is 306 g/mol. The molecule has 8 heteroatoms. The molecule has 2 aliphatic rings. The van der Waals surface area contributed by atoms with Crippen molar-refractivity contribution in [3.63, 3.8) is 0 Å². The maximum absolute atomic E-state index is 6.04. The summed E-state index contributed by atoms with van der Waals surface area (Å²) < 4.78 is 5.50. The van der Waals surface area contributed by atoms with Crippen LogP contribution in [-0.4, -0.2) is 53.2 Å². The van der Waals surface area contributed by atoms with Gasteiger partial charge in [0.1, 0.15) is 5.82 Å². The summed E-state index contributed by atoms with van der Waals surface area (Å²) in [4.78, 5) is 15.3. The predicted octanol–water partition coefficient (Wildman–Crippen LogP) is 0.688. The Bertz CT molecular complexity index is 673. The molecule has 1 fully saturated rings. The quantitative estimate of drug-likeness (QED) is 0.730. The van der Waals surface area contributed by atoms with Crippen molar-refractivity contribution in [2.24, 2.45) is 10.4 Å². The van der Waals surface area contributed by atoms with E-state index < -0.39 is 5.79 Å². The van der Waals surface area contributed by atoms with E-state index in [0.717, 1.165) is 24.4 Å². The first-order valence-corrected chi connectivity index (χ1v) is 8.08. The van der Waals surface area contributed by atoms with Crippen LogP contribution in [0.2, 0.25) is 0 Å². The van der Waals surface area contributed by atoms with Crippen molar-refractivity contribution < 1.29 is 4.74 Å². The van der Waals surface area contributed by atoms with Gasteiger partial charge in [-0.2, -0.15) is 4.98 Å². The van der Waals surface area contributed by atoms with Gasteiger partial charge in [0.15, 0.2) is 5.79 Å². The zero-order valence-corrected chi connectivity index (χ0v) is 14.4. The van der Waals surface area contributed by atoms with Crippen LogP contribution in [-0.2, 0) is 4.74 Å². The van der Waals surface area contributed by atoms with Gasteiger partial charge in [0.25, 0.3) is 0 Å². The van der Waals surface area contributed by atoms with Crippen molar-refractivity contribution in [3.05, 3.63) is 17.8 Å². The van der Waals surface area contributed by atoms with Crippen molar-refractivity contribution in [3.8, 4) is 0 Å². The molecule has 1 atom stereocenters. The van der Waals surface area contributed by atoms with E-state index in [4.69, 9.17) is 21.2 Å². The Balaban J connectivity index is 1.98. The molecule has 0 amide bonds. The van der Waals surface area contributed by atoms with Gasteiger partial charge in [-0.3, -0.25) is 4.90 Å². The van der Waals surface area contributed by atoms with Crippen molar-refractivity contribution in [1.82, 2.24) is 20.2 Å². The van der Waals surface area contributed by atoms with Crippen LogP contribution in [0.4, 0.5) is 11.8 Å². The first-order valence-electron chi connectivity index (χ1n) is 8.08. The van der Waals surface area contributed by atoms with Crippen LogP contribution in [0.3, 0.4) is 0 Å². The summed E-state index contributed by atoms with van der Waals surface area (Å²) in [6.07, 6.45) is 5.35. The monoisotopic (exact) mass is 331 g/mol. The van der Waals surface area contributed by atoms with E-state index in [-0.39, 0.29) is 11.4 Å². The lowest BCUT2D eigenvalue weighted by Crippen LogP contribution is -2.67. The van der Waals surface area contributed by atoms with Gasteiger partial charge in [0.05, 0.1) is 24.5 Å². The van der Waals surface area contributed by atoms with Crippen molar-refractivity contribution in [1.29, 1.82) is 0 Å². The van der Waals surface area contributed by atoms with Gasteiger partial charge in [-0.15, -0.1) is 0 Å². The third-order valence-corrected chi connectivity index (χ3v) is 4.45. The number of hydrogen-bond acceptors (Lipinski definition) is 8. The summed E-state index contributed by atoms with van der Waals surface area (Å²) >= 11 is 0.